The van der Waals surface area contributed by atoms with Gasteiger partial charge in [-0.05, 0) is 24.1 Å². The lowest BCUT2D eigenvalue weighted by Crippen LogP contribution is -2.33. The lowest BCUT2D eigenvalue weighted by Gasteiger charge is -2.13. The highest BCUT2D eigenvalue weighted by atomic mass is 16.5. The number of rotatable bonds is 3. The Morgan fingerprint density at radius 1 is 1.32 bits per heavy atom. The Bertz CT molecular complexity index is 547. The van der Waals surface area contributed by atoms with E-state index in [-0.39, 0.29) is 12.3 Å². The Balaban J connectivity index is 1.91. The Kier molecular flexibility index (Phi) is 3.97. The molecule has 2 rings (SSSR count). The van der Waals surface area contributed by atoms with Crippen molar-refractivity contribution >= 4 is 12.0 Å². The van der Waals surface area contributed by atoms with E-state index in [4.69, 9.17) is 4.74 Å². The fourth-order valence-electron chi connectivity index (χ4n) is 1.55. The maximum Gasteiger partial charge on any atom is 0.412 e. The second-order valence-electron chi connectivity index (χ2n) is 3.99. The summed E-state index contributed by atoms with van der Waals surface area (Å²) < 4.78 is 5.03. The van der Waals surface area contributed by atoms with Gasteiger partial charge < -0.3 is 4.74 Å². The molecule has 2 amide bonds. The predicted molar refractivity (Wildman–Crippen MR) is 68.7 cm³/mol. The van der Waals surface area contributed by atoms with Gasteiger partial charge in [0.1, 0.15) is 12.3 Å². The Morgan fingerprint density at radius 2 is 2.05 bits per heavy atom. The van der Waals surface area contributed by atoms with Crippen molar-refractivity contribution in [1.29, 1.82) is 0 Å². The maximum absolute atomic E-state index is 11.6. The van der Waals surface area contributed by atoms with E-state index in [2.05, 4.69) is 10.6 Å². The summed E-state index contributed by atoms with van der Waals surface area (Å²) in [7, 11) is 0. The van der Waals surface area contributed by atoms with Gasteiger partial charge in [0.25, 0.3) is 5.91 Å². The molecular weight excluding hydrogens is 244 g/mol. The molecule has 0 saturated carbocycles. The lowest BCUT2D eigenvalue weighted by atomic mass is 10.2. The van der Waals surface area contributed by atoms with E-state index < -0.39 is 12.0 Å². The molecule has 97 valence electrons. The van der Waals surface area contributed by atoms with Crippen LogP contribution in [0.1, 0.15) is 12.5 Å². The van der Waals surface area contributed by atoms with Crippen molar-refractivity contribution in [2.75, 3.05) is 0 Å². The molecule has 1 aliphatic heterocycles. The van der Waals surface area contributed by atoms with E-state index in [1.165, 1.54) is 6.20 Å². The zero-order valence-corrected chi connectivity index (χ0v) is 10.4. The molecule has 5 nitrogen and oxygen atoms in total. The number of benzene rings is 1. The number of carbonyl (C=O) groups is 2. The summed E-state index contributed by atoms with van der Waals surface area (Å²) in [6, 6.07) is 9.30. The topological polar surface area (TPSA) is 69.5 Å². The van der Waals surface area contributed by atoms with Crippen LogP contribution in [0, 0.1) is 0 Å². The monoisotopic (exact) mass is 257 g/mol. The van der Waals surface area contributed by atoms with Crippen molar-refractivity contribution in [1.82, 2.24) is 10.6 Å². The molecule has 1 aromatic rings. The molecule has 1 N–H and O–H groups in total. The van der Waals surface area contributed by atoms with E-state index in [9.17, 15) is 9.59 Å². The Hall–Kier alpha value is -2.56. The molecule has 1 radical (unpaired) electrons. The van der Waals surface area contributed by atoms with Crippen molar-refractivity contribution < 1.29 is 14.3 Å². The van der Waals surface area contributed by atoms with Crippen LogP contribution in [-0.4, -0.2) is 12.0 Å². The molecule has 0 bridgehead atoms. The third-order valence-electron chi connectivity index (χ3n) is 2.56. The van der Waals surface area contributed by atoms with Crippen molar-refractivity contribution in [2.24, 2.45) is 0 Å². The third kappa shape index (κ3) is 3.45. The van der Waals surface area contributed by atoms with Gasteiger partial charge in [-0.2, -0.15) is 0 Å². The smallest absolute Gasteiger partial charge is 0.412 e. The van der Waals surface area contributed by atoms with Crippen molar-refractivity contribution in [3.05, 3.63) is 59.4 Å². The van der Waals surface area contributed by atoms with Crippen LogP contribution in [0.3, 0.4) is 0 Å². The summed E-state index contributed by atoms with van der Waals surface area (Å²) in [6.45, 7) is 1.87. The minimum absolute atomic E-state index is 0.153. The number of ether oxygens (including phenoxy) is 1. The average Bonchev–Trinajstić information content (AvgIpc) is 2.42. The van der Waals surface area contributed by atoms with Gasteiger partial charge in [-0.25, -0.2) is 10.1 Å². The molecular formula is C14H13N2O3. The zero-order valence-electron chi connectivity index (χ0n) is 10.4. The van der Waals surface area contributed by atoms with Gasteiger partial charge in [-0.15, -0.1) is 0 Å². The van der Waals surface area contributed by atoms with Crippen LogP contribution in [-0.2, 0) is 16.1 Å². The number of amides is 2. The van der Waals surface area contributed by atoms with E-state index in [1.807, 2.05) is 30.3 Å². The standard InChI is InChI=1S/C14H13N2O3/c1-10-7-8-15-13(17)12(10)16-14(18)19-9-11-5-3-2-4-6-11/h2-8H,9H2,1H3,(H,16,18). The first-order chi connectivity index (χ1) is 9.16. The predicted octanol–water partition coefficient (Wildman–Crippen LogP) is 1.85. The molecule has 1 heterocycles. The molecule has 0 fully saturated rings. The van der Waals surface area contributed by atoms with Crippen molar-refractivity contribution in [3.63, 3.8) is 0 Å². The molecule has 0 saturated heterocycles. The fraction of sp³-hybridized carbons (Fsp3) is 0.143. The van der Waals surface area contributed by atoms with Gasteiger partial charge in [0, 0.05) is 6.20 Å². The lowest BCUT2D eigenvalue weighted by molar-refractivity contribution is -0.117. The quantitative estimate of drug-likeness (QED) is 0.898. The first-order valence-corrected chi connectivity index (χ1v) is 5.77. The number of carbonyl (C=O) groups excluding carboxylic acids is 2. The van der Waals surface area contributed by atoms with Gasteiger partial charge >= 0.3 is 6.09 Å². The zero-order chi connectivity index (χ0) is 13.7. The third-order valence-corrected chi connectivity index (χ3v) is 2.56. The summed E-state index contributed by atoms with van der Waals surface area (Å²) in [5, 5.41) is 6.00. The summed E-state index contributed by atoms with van der Waals surface area (Å²) in [5.41, 5.74) is 1.68. The van der Waals surface area contributed by atoms with Crippen LogP contribution in [0.25, 0.3) is 0 Å². The molecule has 19 heavy (non-hydrogen) atoms. The molecule has 0 aromatic heterocycles. The SMILES string of the molecule is CC1=C(NC(=O)OCc2ccccc2)C(=O)[N]C=C1. The first kappa shape index (κ1) is 12.9. The van der Waals surface area contributed by atoms with E-state index in [0.29, 0.717) is 5.57 Å². The minimum atomic E-state index is -0.669. The van der Waals surface area contributed by atoms with Gasteiger partial charge in [-0.3, -0.25) is 10.1 Å². The van der Waals surface area contributed by atoms with Crippen LogP contribution in [0.4, 0.5) is 4.79 Å². The number of nitrogens with zero attached hydrogens (tertiary/aromatic N) is 1. The first-order valence-electron chi connectivity index (χ1n) is 5.77. The summed E-state index contributed by atoms with van der Waals surface area (Å²) in [6.07, 6.45) is 2.38. The largest absolute Gasteiger partial charge is 0.444 e. The van der Waals surface area contributed by atoms with Gasteiger partial charge in [0.2, 0.25) is 0 Å². The van der Waals surface area contributed by atoms with Crippen LogP contribution >= 0.6 is 0 Å². The second kappa shape index (κ2) is 5.86. The molecule has 5 heteroatoms. The molecule has 0 unspecified atom stereocenters. The van der Waals surface area contributed by atoms with Crippen LogP contribution in [0.2, 0.25) is 0 Å². The van der Waals surface area contributed by atoms with Gasteiger partial charge in [0.05, 0.1) is 0 Å². The highest BCUT2D eigenvalue weighted by Crippen LogP contribution is 2.08. The highest BCUT2D eigenvalue weighted by molar-refractivity contribution is 5.98. The fourth-order valence-corrected chi connectivity index (χ4v) is 1.55. The van der Waals surface area contributed by atoms with E-state index in [1.54, 1.807) is 13.0 Å². The summed E-state index contributed by atoms with van der Waals surface area (Å²) >= 11 is 0. The van der Waals surface area contributed by atoms with E-state index >= 15 is 0 Å². The Labute approximate surface area is 111 Å². The van der Waals surface area contributed by atoms with Crippen LogP contribution < -0.4 is 10.6 Å². The average molecular weight is 257 g/mol. The normalized spacial score (nSPS) is 14.1. The molecule has 1 aromatic carbocycles. The van der Waals surface area contributed by atoms with Crippen LogP contribution in [0.15, 0.2) is 53.9 Å². The number of hydrogen-bond acceptors (Lipinski definition) is 3. The molecule has 1 aliphatic rings. The van der Waals surface area contributed by atoms with Crippen LogP contribution in [0.5, 0.6) is 0 Å². The number of nitrogens with one attached hydrogen (secondary N) is 1. The second-order valence-corrected chi connectivity index (χ2v) is 3.99. The number of hydrogen-bond donors (Lipinski definition) is 1. The van der Waals surface area contributed by atoms with Gasteiger partial charge in [0.15, 0.2) is 0 Å². The maximum atomic E-state index is 11.6. The summed E-state index contributed by atoms with van der Waals surface area (Å²) in [5.74, 6) is -0.475. The number of allylic oxidation sites excluding steroid dienone is 2. The van der Waals surface area contributed by atoms with E-state index in [0.717, 1.165) is 5.56 Å². The Morgan fingerprint density at radius 3 is 2.74 bits per heavy atom. The minimum Gasteiger partial charge on any atom is -0.444 e. The molecule has 0 aliphatic carbocycles. The molecule has 0 spiro atoms. The summed E-state index contributed by atoms with van der Waals surface area (Å²) in [4.78, 5) is 23.1. The van der Waals surface area contributed by atoms with Crippen molar-refractivity contribution in [2.45, 2.75) is 13.5 Å². The molecule has 0 atom stereocenters. The van der Waals surface area contributed by atoms with Gasteiger partial charge in [-0.1, -0.05) is 30.3 Å². The highest BCUT2D eigenvalue weighted by Gasteiger charge is 2.18. The number of alkyl carbamates (subject to hydrolysis) is 1. The van der Waals surface area contributed by atoms with Crippen molar-refractivity contribution in [3.8, 4) is 0 Å².